The standard InChI is InChI=1S/C18H21ClN2O5S/c1-12-4-5-13(10-16(12)19)26-9-8-21-27(23,24)14-6-7-17(25-3)15(11-14)18(22)20-2/h4-7,10-11,21H,8-9H2,1-3H3,(H,20,22). The predicted octanol–water partition coefficient (Wildman–Crippen LogP) is 2.37. The molecule has 0 heterocycles. The fourth-order valence-electron chi connectivity index (χ4n) is 2.26. The molecule has 0 aliphatic carbocycles. The van der Waals surface area contributed by atoms with Gasteiger partial charge in [0.1, 0.15) is 18.1 Å². The van der Waals surface area contributed by atoms with Crippen LogP contribution in [0.25, 0.3) is 0 Å². The highest BCUT2D eigenvalue weighted by atomic mass is 35.5. The molecule has 0 aliphatic heterocycles. The number of rotatable bonds is 8. The summed E-state index contributed by atoms with van der Waals surface area (Å²) in [6.45, 7) is 2.05. The van der Waals surface area contributed by atoms with Crippen LogP contribution in [0.1, 0.15) is 15.9 Å². The maximum absolute atomic E-state index is 12.4. The molecule has 0 aliphatic rings. The molecule has 9 heteroatoms. The van der Waals surface area contributed by atoms with E-state index in [0.717, 1.165) is 5.56 Å². The van der Waals surface area contributed by atoms with Crippen molar-refractivity contribution in [1.82, 2.24) is 10.0 Å². The number of hydrogen-bond acceptors (Lipinski definition) is 5. The Morgan fingerprint density at radius 1 is 1.19 bits per heavy atom. The second kappa shape index (κ2) is 9.07. The normalized spacial score (nSPS) is 11.1. The highest BCUT2D eigenvalue weighted by Gasteiger charge is 2.19. The van der Waals surface area contributed by atoms with Gasteiger partial charge in [-0.1, -0.05) is 17.7 Å². The monoisotopic (exact) mass is 412 g/mol. The van der Waals surface area contributed by atoms with E-state index in [1.807, 2.05) is 13.0 Å². The minimum Gasteiger partial charge on any atom is -0.496 e. The van der Waals surface area contributed by atoms with E-state index in [1.165, 1.54) is 32.4 Å². The summed E-state index contributed by atoms with van der Waals surface area (Å²) in [5.74, 6) is 0.396. The number of methoxy groups -OCH3 is 1. The number of carbonyl (C=O) groups excluding carboxylic acids is 1. The number of hydrogen-bond donors (Lipinski definition) is 2. The first-order valence-electron chi connectivity index (χ1n) is 8.07. The largest absolute Gasteiger partial charge is 0.496 e. The van der Waals surface area contributed by atoms with Crippen molar-refractivity contribution < 1.29 is 22.7 Å². The van der Waals surface area contributed by atoms with Gasteiger partial charge in [0.15, 0.2) is 0 Å². The number of benzene rings is 2. The Bertz CT molecular complexity index is 931. The Morgan fingerprint density at radius 2 is 1.93 bits per heavy atom. The Kier molecular flexibility index (Phi) is 7.06. The van der Waals surface area contributed by atoms with Crippen LogP contribution in [0, 0.1) is 6.92 Å². The van der Waals surface area contributed by atoms with E-state index in [2.05, 4.69) is 10.0 Å². The van der Waals surface area contributed by atoms with Gasteiger partial charge in [0.2, 0.25) is 10.0 Å². The Morgan fingerprint density at radius 3 is 2.56 bits per heavy atom. The van der Waals surface area contributed by atoms with Gasteiger partial charge in [-0.3, -0.25) is 4.79 Å². The van der Waals surface area contributed by atoms with Crippen molar-refractivity contribution in [2.24, 2.45) is 0 Å². The molecule has 0 atom stereocenters. The van der Waals surface area contributed by atoms with Crippen LogP contribution < -0.4 is 19.5 Å². The summed E-state index contributed by atoms with van der Waals surface area (Å²) in [7, 11) is -0.951. The molecule has 2 aromatic rings. The summed E-state index contributed by atoms with van der Waals surface area (Å²) in [4.78, 5) is 11.9. The van der Waals surface area contributed by atoms with Crippen molar-refractivity contribution in [3.63, 3.8) is 0 Å². The van der Waals surface area contributed by atoms with E-state index in [9.17, 15) is 13.2 Å². The second-order valence-electron chi connectivity index (χ2n) is 5.60. The topological polar surface area (TPSA) is 93.7 Å². The number of halogens is 1. The molecular formula is C18H21ClN2O5S. The van der Waals surface area contributed by atoms with Crippen LogP contribution in [0.15, 0.2) is 41.3 Å². The van der Waals surface area contributed by atoms with Gasteiger partial charge >= 0.3 is 0 Å². The van der Waals surface area contributed by atoms with Gasteiger partial charge in [0, 0.05) is 18.6 Å². The molecule has 2 aromatic carbocycles. The van der Waals surface area contributed by atoms with E-state index in [-0.39, 0.29) is 29.4 Å². The van der Waals surface area contributed by atoms with E-state index in [1.54, 1.807) is 12.1 Å². The molecule has 2 N–H and O–H groups in total. The number of amides is 1. The van der Waals surface area contributed by atoms with Crippen LogP contribution in [0.3, 0.4) is 0 Å². The lowest BCUT2D eigenvalue weighted by Crippen LogP contribution is -2.28. The summed E-state index contributed by atoms with van der Waals surface area (Å²) in [6, 6.07) is 9.32. The van der Waals surface area contributed by atoms with Crippen molar-refractivity contribution >= 4 is 27.5 Å². The van der Waals surface area contributed by atoms with E-state index in [0.29, 0.717) is 10.8 Å². The minimum absolute atomic E-state index is 0.0414. The molecule has 0 saturated carbocycles. The van der Waals surface area contributed by atoms with Crippen molar-refractivity contribution in [3.8, 4) is 11.5 Å². The molecule has 0 saturated heterocycles. The molecule has 0 radical (unpaired) electrons. The van der Waals surface area contributed by atoms with Crippen molar-refractivity contribution in [3.05, 3.63) is 52.5 Å². The fourth-order valence-corrected chi connectivity index (χ4v) is 3.47. The van der Waals surface area contributed by atoms with E-state index >= 15 is 0 Å². The van der Waals surface area contributed by atoms with Gasteiger partial charge in [-0.05, 0) is 42.8 Å². The Labute approximate surface area is 163 Å². The van der Waals surface area contributed by atoms with Gasteiger partial charge < -0.3 is 14.8 Å². The number of carbonyl (C=O) groups is 1. The fraction of sp³-hybridized carbons (Fsp3) is 0.278. The van der Waals surface area contributed by atoms with Gasteiger partial charge in [0.05, 0.1) is 17.6 Å². The van der Waals surface area contributed by atoms with E-state index in [4.69, 9.17) is 21.1 Å². The third-order valence-electron chi connectivity index (χ3n) is 3.76. The average Bonchev–Trinajstić information content (AvgIpc) is 2.66. The van der Waals surface area contributed by atoms with E-state index < -0.39 is 15.9 Å². The zero-order valence-electron chi connectivity index (χ0n) is 15.2. The molecule has 0 fully saturated rings. The highest BCUT2D eigenvalue weighted by molar-refractivity contribution is 7.89. The average molecular weight is 413 g/mol. The first-order chi connectivity index (χ1) is 12.8. The molecular weight excluding hydrogens is 392 g/mol. The summed E-state index contributed by atoms with van der Waals surface area (Å²) in [5, 5.41) is 3.03. The van der Waals surface area contributed by atoms with Crippen LogP contribution in [0.5, 0.6) is 11.5 Å². The lowest BCUT2D eigenvalue weighted by molar-refractivity contribution is 0.0960. The first kappa shape index (κ1) is 21.0. The quantitative estimate of drug-likeness (QED) is 0.649. The Hall–Kier alpha value is -2.29. The summed E-state index contributed by atoms with van der Waals surface area (Å²) < 4.78 is 37.9. The van der Waals surface area contributed by atoms with Gasteiger partial charge in [-0.2, -0.15) is 0 Å². The number of ether oxygens (including phenoxy) is 2. The number of aryl methyl sites for hydroxylation is 1. The smallest absolute Gasteiger partial charge is 0.254 e. The molecule has 0 spiro atoms. The lowest BCUT2D eigenvalue weighted by atomic mass is 10.2. The predicted molar refractivity (Wildman–Crippen MR) is 103 cm³/mol. The van der Waals surface area contributed by atoms with Gasteiger partial charge in [-0.25, -0.2) is 13.1 Å². The minimum atomic E-state index is -3.81. The zero-order chi connectivity index (χ0) is 20.0. The number of nitrogens with one attached hydrogen (secondary N) is 2. The molecule has 0 unspecified atom stereocenters. The maximum atomic E-state index is 12.4. The molecule has 27 heavy (non-hydrogen) atoms. The lowest BCUT2D eigenvalue weighted by Gasteiger charge is -2.12. The van der Waals surface area contributed by atoms with Crippen LogP contribution >= 0.6 is 11.6 Å². The third-order valence-corrected chi connectivity index (χ3v) is 5.63. The van der Waals surface area contributed by atoms with Crippen molar-refractivity contribution in [2.45, 2.75) is 11.8 Å². The van der Waals surface area contributed by atoms with Gasteiger partial charge in [0.25, 0.3) is 5.91 Å². The molecule has 0 bridgehead atoms. The van der Waals surface area contributed by atoms with Crippen LogP contribution in [0.4, 0.5) is 0 Å². The first-order valence-corrected chi connectivity index (χ1v) is 9.93. The third kappa shape index (κ3) is 5.35. The van der Waals surface area contributed by atoms with Crippen LogP contribution in [0.2, 0.25) is 5.02 Å². The SMILES string of the molecule is CNC(=O)c1cc(S(=O)(=O)NCCOc2ccc(C)c(Cl)c2)ccc1OC. The maximum Gasteiger partial charge on any atom is 0.254 e. The zero-order valence-corrected chi connectivity index (χ0v) is 16.8. The molecule has 7 nitrogen and oxygen atoms in total. The summed E-state index contributed by atoms with van der Waals surface area (Å²) in [6.07, 6.45) is 0. The molecule has 1 amide bonds. The summed E-state index contributed by atoms with van der Waals surface area (Å²) >= 11 is 6.02. The second-order valence-corrected chi connectivity index (χ2v) is 7.77. The van der Waals surface area contributed by atoms with Crippen molar-refractivity contribution in [2.75, 3.05) is 27.3 Å². The van der Waals surface area contributed by atoms with Crippen LogP contribution in [-0.4, -0.2) is 41.6 Å². The Balaban J connectivity index is 2.03. The molecule has 0 aromatic heterocycles. The number of sulfonamides is 1. The summed E-state index contributed by atoms with van der Waals surface area (Å²) in [5.41, 5.74) is 1.06. The van der Waals surface area contributed by atoms with Crippen molar-refractivity contribution in [1.29, 1.82) is 0 Å². The van der Waals surface area contributed by atoms with Crippen LogP contribution in [-0.2, 0) is 10.0 Å². The molecule has 2 rings (SSSR count). The molecule has 146 valence electrons. The highest BCUT2D eigenvalue weighted by Crippen LogP contribution is 2.23. The van der Waals surface area contributed by atoms with Gasteiger partial charge in [-0.15, -0.1) is 0 Å².